The summed E-state index contributed by atoms with van der Waals surface area (Å²) >= 11 is 7.90. The van der Waals surface area contributed by atoms with Crippen molar-refractivity contribution in [2.24, 2.45) is 5.73 Å². The van der Waals surface area contributed by atoms with Crippen LogP contribution in [0.2, 0.25) is 5.02 Å². The van der Waals surface area contributed by atoms with Gasteiger partial charge in [-0.3, -0.25) is 4.90 Å². The fourth-order valence-electron chi connectivity index (χ4n) is 2.38. The number of nitrogens with zero attached hydrogens (tertiary/aromatic N) is 3. The number of hydrogen-bond donors (Lipinski definition) is 1. The van der Waals surface area contributed by atoms with Gasteiger partial charge >= 0.3 is 0 Å². The number of para-hydroxylation sites is 1. The van der Waals surface area contributed by atoms with Crippen molar-refractivity contribution in [3.8, 4) is 0 Å². The molecule has 0 amide bonds. The molecule has 0 atom stereocenters. The van der Waals surface area contributed by atoms with Gasteiger partial charge in [0, 0.05) is 39.3 Å². The van der Waals surface area contributed by atoms with Crippen LogP contribution in [-0.2, 0) is 0 Å². The molecule has 1 aliphatic heterocycles. The van der Waals surface area contributed by atoms with Gasteiger partial charge in [0.2, 0.25) is 0 Å². The van der Waals surface area contributed by atoms with E-state index < -0.39 is 0 Å². The lowest BCUT2D eigenvalue weighted by Gasteiger charge is -2.34. The first-order valence-corrected chi connectivity index (χ1v) is 7.70. The number of piperazine rings is 1. The molecule has 1 aromatic heterocycles. The second kappa shape index (κ2) is 5.63. The molecule has 19 heavy (non-hydrogen) atoms. The molecule has 0 radical (unpaired) electrons. The molecule has 1 saturated heterocycles. The van der Waals surface area contributed by atoms with Crippen molar-refractivity contribution >= 4 is 38.3 Å². The van der Waals surface area contributed by atoms with Crippen LogP contribution in [0.1, 0.15) is 0 Å². The topological polar surface area (TPSA) is 45.4 Å². The van der Waals surface area contributed by atoms with Gasteiger partial charge in [-0.05, 0) is 12.1 Å². The Bertz CT molecular complexity index is 563. The molecule has 2 aromatic rings. The number of fused-ring (bicyclic) bond motifs is 1. The van der Waals surface area contributed by atoms with Crippen LogP contribution < -0.4 is 10.6 Å². The number of anilines is 1. The molecule has 0 unspecified atom stereocenters. The van der Waals surface area contributed by atoms with E-state index in [4.69, 9.17) is 17.3 Å². The van der Waals surface area contributed by atoms with Gasteiger partial charge < -0.3 is 10.6 Å². The molecular formula is C13H17ClN4S. The predicted octanol–water partition coefficient (Wildman–Crippen LogP) is 2.03. The Balaban J connectivity index is 1.77. The Morgan fingerprint density at radius 3 is 2.74 bits per heavy atom. The quantitative estimate of drug-likeness (QED) is 0.941. The average molecular weight is 297 g/mol. The normalized spacial score (nSPS) is 17.3. The van der Waals surface area contributed by atoms with Crippen molar-refractivity contribution in [3.63, 3.8) is 0 Å². The third kappa shape index (κ3) is 2.69. The monoisotopic (exact) mass is 296 g/mol. The van der Waals surface area contributed by atoms with Gasteiger partial charge in [-0.2, -0.15) is 0 Å². The lowest BCUT2D eigenvalue weighted by atomic mass is 10.3. The van der Waals surface area contributed by atoms with E-state index in [0.717, 1.165) is 59.6 Å². The summed E-state index contributed by atoms with van der Waals surface area (Å²) < 4.78 is 1.16. The van der Waals surface area contributed by atoms with Crippen LogP contribution in [0, 0.1) is 0 Å². The van der Waals surface area contributed by atoms with Crippen LogP contribution in [0.25, 0.3) is 10.2 Å². The maximum absolute atomic E-state index is 6.18. The third-order valence-electron chi connectivity index (χ3n) is 3.45. The fraction of sp³-hybridized carbons (Fsp3) is 0.462. The molecule has 1 fully saturated rings. The van der Waals surface area contributed by atoms with Gasteiger partial charge in [-0.15, -0.1) is 0 Å². The highest BCUT2D eigenvalue weighted by atomic mass is 35.5. The number of benzene rings is 1. The van der Waals surface area contributed by atoms with E-state index in [9.17, 15) is 0 Å². The molecule has 0 saturated carbocycles. The van der Waals surface area contributed by atoms with Crippen molar-refractivity contribution in [2.45, 2.75) is 0 Å². The Hall–Kier alpha value is -0.880. The third-order valence-corrected chi connectivity index (χ3v) is 4.83. The van der Waals surface area contributed by atoms with Crippen molar-refractivity contribution in [1.82, 2.24) is 9.88 Å². The molecule has 6 heteroatoms. The molecule has 2 heterocycles. The smallest absolute Gasteiger partial charge is 0.186 e. The summed E-state index contributed by atoms with van der Waals surface area (Å²) in [6.07, 6.45) is 0. The lowest BCUT2D eigenvalue weighted by molar-refractivity contribution is 0.265. The van der Waals surface area contributed by atoms with Crippen molar-refractivity contribution in [1.29, 1.82) is 0 Å². The maximum atomic E-state index is 6.18. The lowest BCUT2D eigenvalue weighted by Crippen LogP contribution is -2.47. The maximum Gasteiger partial charge on any atom is 0.186 e. The van der Waals surface area contributed by atoms with E-state index >= 15 is 0 Å². The Morgan fingerprint density at radius 1 is 1.26 bits per heavy atom. The number of thiazole rings is 1. The van der Waals surface area contributed by atoms with Crippen LogP contribution in [0.3, 0.4) is 0 Å². The van der Waals surface area contributed by atoms with Crippen molar-refractivity contribution in [2.75, 3.05) is 44.2 Å². The van der Waals surface area contributed by atoms with Crippen LogP contribution in [0.15, 0.2) is 18.2 Å². The predicted molar refractivity (Wildman–Crippen MR) is 82.3 cm³/mol. The Kier molecular flexibility index (Phi) is 3.88. The zero-order valence-corrected chi connectivity index (χ0v) is 12.3. The second-order valence-electron chi connectivity index (χ2n) is 4.70. The Morgan fingerprint density at radius 2 is 2.05 bits per heavy atom. The van der Waals surface area contributed by atoms with Crippen LogP contribution in [0.4, 0.5) is 5.13 Å². The molecule has 102 valence electrons. The van der Waals surface area contributed by atoms with Gasteiger partial charge in [0.05, 0.1) is 9.72 Å². The minimum Gasteiger partial charge on any atom is -0.345 e. The van der Waals surface area contributed by atoms with Crippen LogP contribution in [-0.4, -0.2) is 49.2 Å². The van der Waals surface area contributed by atoms with E-state index in [1.807, 2.05) is 12.1 Å². The van der Waals surface area contributed by atoms with Gasteiger partial charge in [-0.1, -0.05) is 29.0 Å². The first kappa shape index (κ1) is 13.1. The molecule has 0 bridgehead atoms. The molecule has 0 aliphatic carbocycles. The largest absolute Gasteiger partial charge is 0.345 e. The van der Waals surface area contributed by atoms with E-state index in [0.29, 0.717) is 0 Å². The highest BCUT2D eigenvalue weighted by molar-refractivity contribution is 7.22. The molecule has 1 aromatic carbocycles. The molecule has 3 rings (SSSR count). The highest BCUT2D eigenvalue weighted by Gasteiger charge is 2.19. The van der Waals surface area contributed by atoms with E-state index in [1.54, 1.807) is 11.3 Å². The number of rotatable bonds is 3. The second-order valence-corrected chi connectivity index (χ2v) is 6.12. The first-order valence-electron chi connectivity index (χ1n) is 6.50. The zero-order chi connectivity index (χ0) is 13.2. The summed E-state index contributed by atoms with van der Waals surface area (Å²) in [4.78, 5) is 9.42. The average Bonchev–Trinajstić information content (AvgIpc) is 2.85. The summed E-state index contributed by atoms with van der Waals surface area (Å²) in [7, 11) is 0. The standard InChI is InChI=1S/C13H17ClN4S/c14-10-2-1-3-11-12(10)16-13(19-11)18-8-6-17(5-4-15)7-9-18/h1-3H,4-9,15H2. The number of aromatic nitrogens is 1. The van der Waals surface area contributed by atoms with Gasteiger partial charge in [0.1, 0.15) is 5.52 Å². The summed E-state index contributed by atoms with van der Waals surface area (Å²) in [5.74, 6) is 0. The minimum atomic E-state index is 0.733. The summed E-state index contributed by atoms with van der Waals surface area (Å²) in [5, 5.41) is 1.82. The number of halogens is 1. The highest BCUT2D eigenvalue weighted by Crippen LogP contribution is 2.32. The zero-order valence-electron chi connectivity index (χ0n) is 10.7. The molecule has 2 N–H and O–H groups in total. The van der Waals surface area contributed by atoms with Crippen molar-refractivity contribution in [3.05, 3.63) is 23.2 Å². The fourth-order valence-corrected chi connectivity index (χ4v) is 3.70. The Labute approximate surface area is 121 Å². The van der Waals surface area contributed by atoms with Crippen molar-refractivity contribution < 1.29 is 0 Å². The minimum absolute atomic E-state index is 0.733. The summed E-state index contributed by atoms with van der Waals surface area (Å²) in [5.41, 5.74) is 6.52. The van der Waals surface area contributed by atoms with Gasteiger partial charge in [0.25, 0.3) is 0 Å². The van der Waals surface area contributed by atoms with E-state index in [1.165, 1.54) is 0 Å². The van der Waals surface area contributed by atoms with E-state index in [-0.39, 0.29) is 0 Å². The summed E-state index contributed by atoms with van der Waals surface area (Å²) in [6, 6.07) is 5.95. The van der Waals surface area contributed by atoms with Gasteiger partial charge in [-0.25, -0.2) is 4.98 Å². The van der Waals surface area contributed by atoms with E-state index in [2.05, 4.69) is 20.9 Å². The van der Waals surface area contributed by atoms with Crippen LogP contribution >= 0.6 is 22.9 Å². The SMILES string of the molecule is NCCN1CCN(c2nc3c(Cl)cccc3s2)CC1. The molecule has 4 nitrogen and oxygen atoms in total. The molecule has 1 aliphatic rings. The van der Waals surface area contributed by atoms with Gasteiger partial charge in [0.15, 0.2) is 5.13 Å². The number of nitrogens with two attached hydrogens (primary N) is 1. The number of hydrogen-bond acceptors (Lipinski definition) is 5. The molecule has 0 spiro atoms. The molecular weight excluding hydrogens is 280 g/mol. The van der Waals surface area contributed by atoms with Crippen LogP contribution in [0.5, 0.6) is 0 Å². The summed E-state index contributed by atoms with van der Waals surface area (Å²) in [6.45, 7) is 5.85. The first-order chi connectivity index (χ1) is 9.28.